The Morgan fingerprint density at radius 2 is 2.21 bits per heavy atom. The van der Waals surface area contributed by atoms with Crippen LogP contribution in [0.15, 0.2) is 12.4 Å². The van der Waals surface area contributed by atoms with Crippen LogP contribution >= 0.6 is 0 Å². The van der Waals surface area contributed by atoms with Crippen LogP contribution in [-0.2, 0) is 0 Å². The molecule has 5 nitrogen and oxygen atoms in total. The van der Waals surface area contributed by atoms with Gasteiger partial charge in [-0.1, -0.05) is 32.6 Å². The van der Waals surface area contributed by atoms with E-state index in [-0.39, 0.29) is 6.04 Å². The molecule has 0 spiro atoms. The molecule has 3 N–H and O–H groups in total. The minimum absolute atomic E-state index is 0.0853. The summed E-state index contributed by atoms with van der Waals surface area (Å²) >= 11 is 0. The number of hydrogen-bond acceptors (Lipinski definition) is 5. The smallest absolute Gasteiger partial charge is 0.216 e. The number of rotatable bonds is 5. The molecule has 0 aliphatic heterocycles. The highest BCUT2D eigenvalue weighted by atomic mass is 16.5. The molecule has 1 aliphatic rings. The summed E-state index contributed by atoms with van der Waals surface area (Å²) in [4.78, 5) is 8.43. The number of nitrogens with two attached hydrogens (primary N) is 1. The number of aromatic nitrogens is 2. The van der Waals surface area contributed by atoms with E-state index in [0.29, 0.717) is 11.8 Å². The van der Waals surface area contributed by atoms with Gasteiger partial charge in [0.25, 0.3) is 0 Å². The number of hydrazine groups is 1. The van der Waals surface area contributed by atoms with E-state index >= 15 is 0 Å². The van der Waals surface area contributed by atoms with Crippen LogP contribution in [0.2, 0.25) is 0 Å². The standard InChI is InChI=1S/C14H24N4O/c1-3-10-6-4-5-7-11(10)14(18-15)12-8-13(19-2)17-9-16-12/h8-11,14,18H,3-7,15H2,1-2H3. The third kappa shape index (κ3) is 3.22. The minimum Gasteiger partial charge on any atom is -0.481 e. The van der Waals surface area contributed by atoms with Gasteiger partial charge in [0.15, 0.2) is 0 Å². The molecular weight excluding hydrogens is 240 g/mol. The number of nitrogens with zero attached hydrogens (tertiary/aromatic N) is 2. The third-order valence-corrected chi connectivity index (χ3v) is 4.29. The van der Waals surface area contributed by atoms with E-state index in [4.69, 9.17) is 10.6 Å². The average Bonchev–Trinajstić information content (AvgIpc) is 2.49. The highest BCUT2D eigenvalue weighted by molar-refractivity contribution is 5.17. The Balaban J connectivity index is 2.21. The first-order valence-corrected chi connectivity index (χ1v) is 7.12. The monoisotopic (exact) mass is 264 g/mol. The lowest BCUT2D eigenvalue weighted by Gasteiger charge is -2.36. The fourth-order valence-corrected chi connectivity index (χ4v) is 3.25. The second-order valence-corrected chi connectivity index (χ2v) is 5.25. The van der Waals surface area contributed by atoms with Crippen LogP contribution in [0.4, 0.5) is 0 Å². The highest BCUT2D eigenvalue weighted by Gasteiger charge is 2.32. The van der Waals surface area contributed by atoms with Crippen LogP contribution in [0.25, 0.3) is 0 Å². The molecule has 0 bridgehead atoms. The maximum atomic E-state index is 5.79. The third-order valence-electron chi connectivity index (χ3n) is 4.29. The molecule has 2 rings (SSSR count). The molecule has 1 fully saturated rings. The van der Waals surface area contributed by atoms with Gasteiger partial charge in [0, 0.05) is 6.07 Å². The van der Waals surface area contributed by atoms with Crippen molar-refractivity contribution in [2.75, 3.05) is 7.11 Å². The van der Waals surface area contributed by atoms with Gasteiger partial charge < -0.3 is 4.74 Å². The molecule has 106 valence electrons. The van der Waals surface area contributed by atoms with E-state index in [2.05, 4.69) is 22.3 Å². The lowest BCUT2D eigenvalue weighted by molar-refractivity contribution is 0.173. The summed E-state index contributed by atoms with van der Waals surface area (Å²) in [5.74, 6) is 7.65. The van der Waals surface area contributed by atoms with Gasteiger partial charge in [-0.05, 0) is 18.3 Å². The van der Waals surface area contributed by atoms with Gasteiger partial charge in [-0.25, -0.2) is 9.97 Å². The van der Waals surface area contributed by atoms with E-state index in [1.807, 2.05) is 6.07 Å². The van der Waals surface area contributed by atoms with Crippen molar-refractivity contribution in [3.8, 4) is 5.88 Å². The summed E-state index contributed by atoms with van der Waals surface area (Å²) < 4.78 is 5.17. The van der Waals surface area contributed by atoms with Crippen molar-refractivity contribution in [3.05, 3.63) is 18.1 Å². The van der Waals surface area contributed by atoms with Crippen LogP contribution in [0.5, 0.6) is 5.88 Å². The molecule has 1 aromatic heterocycles. The fraction of sp³-hybridized carbons (Fsp3) is 0.714. The summed E-state index contributed by atoms with van der Waals surface area (Å²) in [5, 5.41) is 0. The first-order chi connectivity index (χ1) is 9.30. The predicted octanol–water partition coefficient (Wildman–Crippen LogP) is 2.21. The SMILES string of the molecule is CCC1CCCCC1C(NN)c1cc(OC)ncn1. The molecule has 1 heterocycles. The Morgan fingerprint density at radius 3 is 2.89 bits per heavy atom. The van der Waals surface area contributed by atoms with Gasteiger partial charge in [-0.3, -0.25) is 11.3 Å². The lowest BCUT2D eigenvalue weighted by Crippen LogP contribution is -2.38. The maximum Gasteiger partial charge on any atom is 0.216 e. The Labute approximate surface area is 114 Å². The Bertz CT molecular complexity index is 399. The van der Waals surface area contributed by atoms with Crippen molar-refractivity contribution in [2.24, 2.45) is 17.7 Å². The molecule has 1 saturated carbocycles. The quantitative estimate of drug-likeness (QED) is 0.630. The highest BCUT2D eigenvalue weighted by Crippen LogP contribution is 2.39. The van der Waals surface area contributed by atoms with E-state index in [1.54, 1.807) is 13.4 Å². The van der Waals surface area contributed by atoms with Crippen molar-refractivity contribution in [3.63, 3.8) is 0 Å². The van der Waals surface area contributed by atoms with E-state index in [1.165, 1.54) is 32.1 Å². The van der Waals surface area contributed by atoms with Crippen LogP contribution in [0.3, 0.4) is 0 Å². The second kappa shape index (κ2) is 6.82. The average molecular weight is 264 g/mol. The van der Waals surface area contributed by atoms with E-state index in [9.17, 15) is 0 Å². The van der Waals surface area contributed by atoms with Gasteiger partial charge in [0.1, 0.15) is 6.33 Å². The van der Waals surface area contributed by atoms with Crippen LogP contribution in [-0.4, -0.2) is 17.1 Å². The van der Waals surface area contributed by atoms with Crippen molar-refractivity contribution in [1.82, 2.24) is 15.4 Å². The van der Waals surface area contributed by atoms with E-state index in [0.717, 1.165) is 11.6 Å². The van der Waals surface area contributed by atoms with Crippen LogP contribution in [0.1, 0.15) is 50.8 Å². The fourth-order valence-electron chi connectivity index (χ4n) is 3.25. The van der Waals surface area contributed by atoms with Gasteiger partial charge in [-0.2, -0.15) is 0 Å². The summed E-state index contributed by atoms with van der Waals surface area (Å²) in [5.41, 5.74) is 3.89. The maximum absolute atomic E-state index is 5.79. The lowest BCUT2D eigenvalue weighted by atomic mass is 9.73. The Kier molecular flexibility index (Phi) is 5.10. The summed E-state index contributed by atoms with van der Waals surface area (Å²) in [6, 6.07) is 1.97. The van der Waals surface area contributed by atoms with Gasteiger partial charge in [0.05, 0.1) is 18.8 Å². The molecule has 0 radical (unpaired) electrons. The topological polar surface area (TPSA) is 73.1 Å². The number of ether oxygens (including phenoxy) is 1. The summed E-state index contributed by atoms with van der Waals surface area (Å²) in [7, 11) is 1.62. The first kappa shape index (κ1) is 14.2. The summed E-state index contributed by atoms with van der Waals surface area (Å²) in [6.45, 7) is 2.26. The molecule has 0 amide bonds. The largest absolute Gasteiger partial charge is 0.481 e. The van der Waals surface area contributed by atoms with Crippen LogP contribution in [0, 0.1) is 11.8 Å². The van der Waals surface area contributed by atoms with Gasteiger partial charge in [-0.15, -0.1) is 0 Å². The predicted molar refractivity (Wildman–Crippen MR) is 74.4 cm³/mol. The molecule has 1 aromatic rings. The molecule has 3 atom stereocenters. The molecular formula is C14H24N4O. The van der Waals surface area contributed by atoms with Crippen molar-refractivity contribution < 1.29 is 4.74 Å². The second-order valence-electron chi connectivity index (χ2n) is 5.25. The molecule has 3 unspecified atom stereocenters. The first-order valence-electron chi connectivity index (χ1n) is 7.12. The van der Waals surface area contributed by atoms with Crippen LogP contribution < -0.4 is 16.0 Å². The van der Waals surface area contributed by atoms with Gasteiger partial charge >= 0.3 is 0 Å². The molecule has 5 heteroatoms. The Hall–Kier alpha value is -1.20. The zero-order valence-electron chi connectivity index (χ0n) is 11.8. The number of methoxy groups -OCH3 is 1. The number of nitrogens with one attached hydrogen (secondary N) is 1. The molecule has 1 aliphatic carbocycles. The zero-order valence-corrected chi connectivity index (χ0v) is 11.8. The van der Waals surface area contributed by atoms with Crippen molar-refractivity contribution in [1.29, 1.82) is 0 Å². The molecule has 0 saturated heterocycles. The molecule has 0 aromatic carbocycles. The normalized spacial score (nSPS) is 25.0. The Morgan fingerprint density at radius 1 is 1.42 bits per heavy atom. The summed E-state index contributed by atoms with van der Waals surface area (Å²) in [6.07, 6.45) is 7.86. The van der Waals surface area contributed by atoms with Gasteiger partial charge in [0.2, 0.25) is 5.88 Å². The molecule has 19 heavy (non-hydrogen) atoms. The van der Waals surface area contributed by atoms with Crippen molar-refractivity contribution in [2.45, 2.75) is 45.1 Å². The van der Waals surface area contributed by atoms with E-state index < -0.39 is 0 Å². The van der Waals surface area contributed by atoms with Crippen molar-refractivity contribution >= 4 is 0 Å². The number of hydrogen-bond donors (Lipinski definition) is 2. The minimum atomic E-state index is 0.0853. The zero-order chi connectivity index (χ0) is 13.7.